The number of tetrazole rings is 1. The summed E-state index contributed by atoms with van der Waals surface area (Å²) >= 11 is 12.4. The molecular formula is C28H19Cl2FN8O. The van der Waals surface area contributed by atoms with Crippen molar-refractivity contribution in [1.29, 1.82) is 0 Å². The molecule has 0 saturated heterocycles. The Morgan fingerprint density at radius 2 is 1.77 bits per heavy atom. The second-order valence-electron chi connectivity index (χ2n) is 9.00. The van der Waals surface area contributed by atoms with Crippen molar-refractivity contribution in [1.82, 2.24) is 39.7 Å². The first-order chi connectivity index (χ1) is 19.4. The van der Waals surface area contributed by atoms with Gasteiger partial charge in [-0.05, 0) is 64.0 Å². The molecule has 0 spiro atoms. The van der Waals surface area contributed by atoms with Gasteiger partial charge >= 0.3 is 0 Å². The minimum atomic E-state index is -0.522. The third-order valence-electron chi connectivity index (χ3n) is 6.42. The zero-order valence-corrected chi connectivity index (χ0v) is 22.1. The highest BCUT2D eigenvalue weighted by Crippen LogP contribution is 2.30. The number of halogens is 3. The van der Waals surface area contributed by atoms with Gasteiger partial charge in [-0.1, -0.05) is 35.3 Å². The average Bonchev–Trinajstić information content (AvgIpc) is 3.66. The fraction of sp³-hybridized carbons (Fsp3) is 0.0714. The van der Waals surface area contributed by atoms with E-state index in [4.69, 9.17) is 23.2 Å². The molecule has 0 unspecified atom stereocenters. The highest BCUT2D eigenvalue weighted by atomic mass is 35.5. The largest absolute Gasteiger partial charge is 0.340 e. The SMILES string of the molecule is O=c1cc(-c2cc(Cl)ccc2-n2cnnn2)ccn1[C@@H](Cc1ccc(F)cc1)c1ncc(-c2cncc(Cl)c2)[nH]1. The molecule has 0 amide bonds. The van der Waals surface area contributed by atoms with Crippen molar-refractivity contribution in [2.24, 2.45) is 0 Å². The van der Waals surface area contributed by atoms with Gasteiger partial charge in [0.25, 0.3) is 5.56 Å². The van der Waals surface area contributed by atoms with Crippen LogP contribution in [0.4, 0.5) is 4.39 Å². The molecule has 4 heterocycles. The Morgan fingerprint density at radius 1 is 0.925 bits per heavy atom. The molecule has 40 heavy (non-hydrogen) atoms. The van der Waals surface area contributed by atoms with Crippen LogP contribution >= 0.6 is 23.2 Å². The number of imidazole rings is 1. The van der Waals surface area contributed by atoms with Gasteiger partial charge in [0.15, 0.2) is 0 Å². The summed E-state index contributed by atoms with van der Waals surface area (Å²) in [6, 6.07) is 16.0. The second kappa shape index (κ2) is 10.8. The van der Waals surface area contributed by atoms with E-state index < -0.39 is 6.04 Å². The van der Waals surface area contributed by atoms with E-state index in [0.29, 0.717) is 44.8 Å². The Bertz CT molecular complexity index is 1850. The maximum atomic E-state index is 13.6. The maximum absolute atomic E-state index is 13.6. The molecule has 1 atom stereocenters. The van der Waals surface area contributed by atoms with E-state index in [9.17, 15) is 9.18 Å². The molecular weight excluding hydrogens is 554 g/mol. The van der Waals surface area contributed by atoms with E-state index in [1.165, 1.54) is 29.2 Å². The van der Waals surface area contributed by atoms with Crippen LogP contribution in [0.5, 0.6) is 0 Å². The molecule has 0 radical (unpaired) electrons. The summed E-state index contributed by atoms with van der Waals surface area (Å²) in [5, 5.41) is 12.4. The van der Waals surface area contributed by atoms with Gasteiger partial charge < -0.3 is 9.55 Å². The number of nitrogens with one attached hydrogen (secondary N) is 1. The Balaban J connectivity index is 1.42. The molecule has 0 aliphatic rings. The third-order valence-corrected chi connectivity index (χ3v) is 6.86. The number of aromatic nitrogens is 8. The summed E-state index contributed by atoms with van der Waals surface area (Å²) in [6.45, 7) is 0. The molecule has 12 heteroatoms. The lowest BCUT2D eigenvalue weighted by molar-refractivity contribution is 0.536. The molecule has 1 N–H and O–H groups in total. The molecule has 9 nitrogen and oxygen atoms in total. The van der Waals surface area contributed by atoms with Crippen molar-refractivity contribution in [2.45, 2.75) is 12.5 Å². The van der Waals surface area contributed by atoms with Crippen LogP contribution in [0.1, 0.15) is 17.4 Å². The number of rotatable bonds is 7. The van der Waals surface area contributed by atoms with Crippen LogP contribution in [0, 0.1) is 5.82 Å². The average molecular weight is 573 g/mol. The number of nitrogens with zero attached hydrogens (tertiary/aromatic N) is 7. The first-order valence-electron chi connectivity index (χ1n) is 12.1. The summed E-state index contributed by atoms with van der Waals surface area (Å²) in [6.07, 6.45) is 8.45. The highest BCUT2D eigenvalue weighted by Gasteiger charge is 2.21. The Kier molecular flexibility index (Phi) is 6.93. The normalized spacial score (nSPS) is 12.0. The highest BCUT2D eigenvalue weighted by molar-refractivity contribution is 6.31. The van der Waals surface area contributed by atoms with Crippen molar-refractivity contribution in [2.75, 3.05) is 0 Å². The van der Waals surface area contributed by atoms with E-state index in [2.05, 4.69) is 30.5 Å². The Morgan fingerprint density at radius 3 is 2.52 bits per heavy atom. The van der Waals surface area contributed by atoms with Crippen LogP contribution in [0.2, 0.25) is 10.0 Å². The quantitative estimate of drug-likeness (QED) is 0.268. The van der Waals surface area contributed by atoms with E-state index in [0.717, 1.165) is 11.1 Å². The van der Waals surface area contributed by atoms with Crippen molar-refractivity contribution >= 4 is 23.2 Å². The molecule has 0 fully saturated rings. The molecule has 6 aromatic rings. The predicted molar refractivity (Wildman–Crippen MR) is 149 cm³/mol. The van der Waals surface area contributed by atoms with Gasteiger partial charge in [0.1, 0.15) is 18.0 Å². The molecule has 2 aromatic carbocycles. The number of pyridine rings is 2. The molecule has 6 rings (SSSR count). The molecule has 198 valence electrons. The van der Waals surface area contributed by atoms with Gasteiger partial charge in [-0.25, -0.2) is 9.37 Å². The summed E-state index contributed by atoms with van der Waals surface area (Å²) < 4.78 is 16.7. The lowest BCUT2D eigenvalue weighted by Gasteiger charge is -2.19. The summed E-state index contributed by atoms with van der Waals surface area (Å²) in [4.78, 5) is 25.7. The van der Waals surface area contributed by atoms with E-state index in [1.807, 2.05) is 6.07 Å². The fourth-order valence-electron chi connectivity index (χ4n) is 4.51. The van der Waals surface area contributed by atoms with E-state index in [1.54, 1.807) is 65.8 Å². The van der Waals surface area contributed by atoms with Crippen LogP contribution < -0.4 is 5.56 Å². The van der Waals surface area contributed by atoms with Gasteiger partial charge in [-0.3, -0.25) is 9.78 Å². The zero-order chi connectivity index (χ0) is 27.6. The lowest BCUT2D eigenvalue weighted by Crippen LogP contribution is -2.27. The first kappa shape index (κ1) is 25.6. The monoisotopic (exact) mass is 572 g/mol. The number of aromatic amines is 1. The van der Waals surface area contributed by atoms with Gasteiger partial charge in [0.05, 0.1) is 28.6 Å². The standard InChI is InChI=1S/C28H19Cl2FN8O/c29-20-3-6-25(39-16-34-36-37-39)23(12-20)18-7-8-38(27(40)11-18)26(9-17-1-4-22(31)5-2-17)28-33-15-24(35-28)19-10-21(30)14-32-13-19/h1-8,10-16,26H,9H2,(H,33,35)/t26-/m0/s1. The number of hydrogen-bond donors (Lipinski definition) is 1. The molecule has 4 aromatic heterocycles. The summed E-state index contributed by atoms with van der Waals surface area (Å²) in [5.74, 6) is 0.210. The zero-order valence-electron chi connectivity index (χ0n) is 20.6. The third kappa shape index (κ3) is 5.27. The van der Waals surface area contributed by atoms with Crippen molar-refractivity contribution in [3.05, 3.63) is 129 Å². The summed E-state index contributed by atoms with van der Waals surface area (Å²) in [5.41, 5.74) is 4.01. The molecule has 0 saturated carbocycles. The number of benzene rings is 2. The topological polar surface area (TPSA) is 107 Å². The van der Waals surface area contributed by atoms with Crippen LogP contribution in [0.15, 0.2) is 96.6 Å². The molecule has 0 aliphatic heterocycles. The maximum Gasteiger partial charge on any atom is 0.251 e. The number of hydrogen-bond acceptors (Lipinski definition) is 6. The first-order valence-corrected chi connectivity index (χ1v) is 12.9. The van der Waals surface area contributed by atoms with Crippen molar-refractivity contribution in [3.63, 3.8) is 0 Å². The Labute approximate surface area is 236 Å². The van der Waals surface area contributed by atoms with E-state index >= 15 is 0 Å². The number of H-pyrrole nitrogens is 1. The second-order valence-corrected chi connectivity index (χ2v) is 9.87. The van der Waals surface area contributed by atoms with E-state index in [-0.39, 0.29) is 11.4 Å². The minimum Gasteiger partial charge on any atom is -0.340 e. The smallest absolute Gasteiger partial charge is 0.251 e. The van der Waals surface area contributed by atoms with Gasteiger partial charge in [-0.15, -0.1) is 5.10 Å². The van der Waals surface area contributed by atoms with Crippen LogP contribution in [-0.2, 0) is 6.42 Å². The molecule has 0 bridgehead atoms. The molecule has 0 aliphatic carbocycles. The van der Waals surface area contributed by atoms with Crippen LogP contribution in [-0.4, -0.2) is 39.7 Å². The predicted octanol–water partition coefficient (Wildman–Crippen LogP) is 5.55. The van der Waals surface area contributed by atoms with Crippen molar-refractivity contribution in [3.8, 4) is 28.1 Å². The summed E-state index contributed by atoms with van der Waals surface area (Å²) in [7, 11) is 0. The van der Waals surface area contributed by atoms with Crippen LogP contribution in [0.25, 0.3) is 28.1 Å². The minimum absolute atomic E-state index is 0.269. The van der Waals surface area contributed by atoms with Gasteiger partial charge in [-0.2, -0.15) is 4.68 Å². The van der Waals surface area contributed by atoms with Crippen molar-refractivity contribution < 1.29 is 4.39 Å². The lowest BCUT2D eigenvalue weighted by atomic mass is 10.0. The van der Waals surface area contributed by atoms with Gasteiger partial charge in [0, 0.05) is 47.2 Å². The van der Waals surface area contributed by atoms with Gasteiger partial charge in [0.2, 0.25) is 0 Å². The fourth-order valence-corrected chi connectivity index (χ4v) is 4.85. The Hall–Kier alpha value is -4.67. The van der Waals surface area contributed by atoms with Crippen LogP contribution in [0.3, 0.4) is 0 Å².